The predicted octanol–water partition coefficient (Wildman–Crippen LogP) is 6.09. The molecule has 1 heterocycles. The zero-order valence-electron chi connectivity index (χ0n) is 17.6. The molecule has 176 valence electrons. The summed E-state index contributed by atoms with van der Waals surface area (Å²) >= 11 is 2.65. The van der Waals surface area contributed by atoms with E-state index in [9.17, 15) is 27.5 Å². The molecule has 0 saturated carbocycles. The van der Waals surface area contributed by atoms with Crippen molar-refractivity contribution in [3.05, 3.63) is 52.8 Å². The van der Waals surface area contributed by atoms with Crippen molar-refractivity contribution in [2.75, 3.05) is 0 Å². The Morgan fingerprint density at radius 3 is 2.39 bits per heavy atom. The maximum Gasteiger partial charge on any atom is 0.573 e. The normalized spacial score (nSPS) is 12.0. The fourth-order valence-corrected chi connectivity index (χ4v) is 4.38. The van der Waals surface area contributed by atoms with Crippen LogP contribution in [0.2, 0.25) is 0 Å². The molecule has 0 spiro atoms. The molecule has 0 aliphatic carbocycles. The van der Waals surface area contributed by atoms with E-state index in [0.717, 1.165) is 22.6 Å². The Kier molecular flexibility index (Phi) is 7.17. The van der Waals surface area contributed by atoms with E-state index in [0.29, 0.717) is 21.5 Å². The highest BCUT2D eigenvalue weighted by Gasteiger charge is 2.32. The first kappa shape index (κ1) is 24.8. The number of alkyl halides is 3. The predicted molar refractivity (Wildman–Crippen MR) is 115 cm³/mol. The summed E-state index contributed by atoms with van der Waals surface area (Å²) in [6.07, 6.45) is -4.98. The van der Waals surface area contributed by atoms with Gasteiger partial charge in [-0.15, -0.1) is 35.1 Å². The lowest BCUT2D eigenvalue weighted by Crippen LogP contribution is -2.38. The number of carbonyl (C=O) groups is 1. The molecule has 0 amide bonds. The van der Waals surface area contributed by atoms with Gasteiger partial charge in [-0.1, -0.05) is 11.3 Å². The summed E-state index contributed by atoms with van der Waals surface area (Å²) in [5.74, 6) is -2.23. The monoisotopic (exact) mass is 502 g/mol. The van der Waals surface area contributed by atoms with Gasteiger partial charge in [0.25, 0.3) is 0 Å². The summed E-state index contributed by atoms with van der Waals surface area (Å²) in [6, 6.07) is 8.44. The number of aromatic nitrogens is 2. The number of ether oxygens (including phenoxy) is 2. The number of nitrogens with zero attached hydrogens (tertiary/aromatic N) is 2. The van der Waals surface area contributed by atoms with Gasteiger partial charge in [0.2, 0.25) is 0 Å². The molecule has 3 rings (SSSR count). The van der Waals surface area contributed by atoms with Gasteiger partial charge in [-0.3, -0.25) is 0 Å². The lowest BCUT2D eigenvalue weighted by molar-refractivity contribution is -0.275. The SMILES string of the molecule is Cc1cc(SCc2nnc(-c3ccc(OC(F)(F)F)c(F)c3)s2)ccc1OC(C)(C)C(=O)O. The molecular weight excluding hydrogens is 484 g/mol. The Morgan fingerprint density at radius 1 is 1.09 bits per heavy atom. The number of carboxylic acids is 1. The molecule has 2 aromatic carbocycles. The first-order chi connectivity index (χ1) is 15.3. The summed E-state index contributed by atoms with van der Waals surface area (Å²) in [6.45, 7) is 4.74. The van der Waals surface area contributed by atoms with Crippen molar-refractivity contribution >= 4 is 29.1 Å². The van der Waals surface area contributed by atoms with E-state index in [-0.39, 0.29) is 5.56 Å². The second-order valence-electron chi connectivity index (χ2n) is 7.33. The van der Waals surface area contributed by atoms with Crippen molar-refractivity contribution in [2.24, 2.45) is 0 Å². The van der Waals surface area contributed by atoms with Crippen LogP contribution in [0.15, 0.2) is 41.3 Å². The fourth-order valence-electron chi connectivity index (χ4n) is 2.56. The molecular formula is C21H18F4N2O4S2. The molecule has 0 atom stereocenters. The van der Waals surface area contributed by atoms with Gasteiger partial charge < -0.3 is 14.6 Å². The van der Waals surface area contributed by atoms with Crippen LogP contribution in [0.1, 0.15) is 24.4 Å². The topological polar surface area (TPSA) is 81.5 Å². The van der Waals surface area contributed by atoms with E-state index in [2.05, 4.69) is 14.9 Å². The highest BCUT2D eigenvalue weighted by molar-refractivity contribution is 7.98. The van der Waals surface area contributed by atoms with Gasteiger partial charge in [-0.25, -0.2) is 9.18 Å². The first-order valence-electron chi connectivity index (χ1n) is 9.38. The molecule has 1 N–H and O–H groups in total. The Hall–Kier alpha value is -2.86. The van der Waals surface area contributed by atoms with Gasteiger partial charge in [0.05, 0.1) is 5.75 Å². The van der Waals surface area contributed by atoms with Crippen LogP contribution in [0.5, 0.6) is 11.5 Å². The first-order valence-corrected chi connectivity index (χ1v) is 11.2. The molecule has 0 aliphatic heterocycles. The maximum absolute atomic E-state index is 13.9. The van der Waals surface area contributed by atoms with Crippen LogP contribution in [0.4, 0.5) is 17.6 Å². The van der Waals surface area contributed by atoms with E-state index < -0.39 is 29.5 Å². The number of aliphatic carboxylic acids is 1. The van der Waals surface area contributed by atoms with E-state index in [1.807, 2.05) is 6.07 Å². The number of benzene rings is 2. The summed E-state index contributed by atoms with van der Waals surface area (Å²) in [4.78, 5) is 12.1. The largest absolute Gasteiger partial charge is 0.573 e. The average Bonchev–Trinajstić information content (AvgIpc) is 3.18. The van der Waals surface area contributed by atoms with Gasteiger partial charge in [-0.05, 0) is 62.7 Å². The molecule has 0 fully saturated rings. The van der Waals surface area contributed by atoms with Crippen LogP contribution in [-0.2, 0) is 10.5 Å². The molecule has 0 bridgehead atoms. The number of thioether (sulfide) groups is 1. The van der Waals surface area contributed by atoms with Crippen LogP contribution in [0.25, 0.3) is 10.6 Å². The second-order valence-corrected chi connectivity index (χ2v) is 9.44. The van der Waals surface area contributed by atoms with Crippen LogP contribution in [0, 0.1) is 12.7 Å². The van der Waals surface area contributed by atoms with Gasteiger partial charge >= 0.3 is 12.3 Å². The molecule has 0 saturated heterocycles. The Morgan fingerprint density at radius 2 is 1.79 bits per heavy atom. The lowest BCUT2D eigenvalue weighted by atomic mass is 10.1. The Labute approximate surface area is 194 Å². The third-order valence-electron chi connectivity index (χ3n) is 4.26. The van der Waals surface area contributed by atoms with Crippen molar-refractivity contribution in [1.82, 2.24) is 10.2 Å². The van der Waals surface area contributed by atoms with E-state index in [1.54, 1.807) is 19.1 Å². The van der Waals surface area contributed by atoms with Crippen LogP contribution < -0.4 is 9.47 Å². The smallest absolute Gasteiger partial charge is 0.478 e. The standard InChI is InChI=1S/C21H18F4N2O4S2/c1-11-8-13(5-7-15(11)30-20(2,3)19(28)29)32-10-17-26-27-18(33-17)12-4-6-16(14(22)9-12)31-21(23,24)25/h4-9H,10H2,1-3H3,(H,28,29). The third-order valence-corrected chi connectivity index (χ3v) is 6.42. The average molecular weight is 503 g/mol. The van der Waals surface area contributed by atoms with E-state index >= 15 is 0 Å². The minimum atomic E-state index is -4.98. The van der Waals surface area contributed by atoms with Crippen molar-refractivity contribution < 1.29 is 36.9 Å². The van der Waals surface area contributed by atoms with E-state index in [4.69, 9.17) is 4.74 Å². The minimum Gasteiger partial charge on any atom is -0.478 e. The van der Waals surface area contributed by atoms with Crippen LogP contribution >= 0.6 is 23.1 Å². The third kappa shape index (κ3) is 6.57. The molecule has 0 aliphatic rings. The zero-order valence-corrected chi connectivity index (χ0v) is 19.2. The Balaban J connectivity index is 1.65. The minimum absolute atomic E-state index is 0.286. The van der Waals surface area contributed by atoms with Crippen molar-refractivity contribution in [2.45, 2.75) is 43.4 Å². The van der Waals surface area contributed by atoms with Crippen LogP contribution in [0.3, 0.4) is 0 Å². The number of aryl methyl sites for hydroxylation is 1. The zero-order chi connectivity index (χ0) is 24.4. The highest BCUT2D eigenvalue weighted by atomic mass is 32.2. The van der Waals surface area contributed by atoms with Gasteiger partial charge in [-0.2, -0.15) is 0 Å². The molecule has 6 nitrogen and oxygen atoms in total. The second kappa shape index (κ2) is 9.56. The number of rotatable bonds is 8. The Bertz CT molecular complexity index is 1170. The molecule has 1 aromatic heterocycles. The maximum atomic E-state index is 13.9. The number of halogens is 4. The molecule has 0 unspecified atom stereocenters. The van der Waals surface area contributed by atoms with Gasteiger partial charge in [0.1, 0.15) is 15.8 Å². The molecule has 12 heteroatoms. The number of hydrogen-bond donors (Lipinski definition) is 1. The van der Waals surface area contributed by atoms with Gasteiger partial charge in [0, 0.05) is 10.5 Å². The summed E-state index contributed by atoms with van der Waals surface area (Å²) in [5, 5.41) is 18.2. The van der Waals surface area contributed by atoms with Crippen molar-refractivity contribution in [3.63, 3.8) is 0 Å². The highest BCUT2D eigenvalue weighted by Crippen LogP contribution is 2.34. The lowest BCUT2D eigenvalue weighted by Gasteiger charge is -2.22. The number of carboxylic acid groups (broad SMARTS) is 1. The quantitative estimate of drug-likeness (QED) is 0.295. The van der Waals surface area contributed by atoms with E-state index in [1.165, 1.54) is 43.0 Å². The molecule has 3 aromatic rings. The molecule has 33 heavy (non-hydrogen) atoms. The number of hydrogen-bond acceptors (Lipinski definition) is 7. The summed E-state index contributed by atoms with van der Waals surface area (Å²) in [5.41, 5.74) is -0.308. The fraction of sp³-hybridized carbons (Fsp3) is 0.286. The van der Waals surface area contributed by atoms with Crippen LogP contribution in [-0.4, -0.2) is 33.2 Å². The van der Waals surface area contributed by atoms with Crippen molar-refractivity contribution in [1.29, 1.82) is 0 Å². The summed E-state index contributed by atoms with van der Waals surface area (Å²) < 4.78 is 60.0. The summed E-state index contributed by atoms with van der Waals surface area (Å²) in [7, 11) is 0. The molecule has 0 radical (unpaired) electrons. The van der Waals surface area contributed by atoms with Gasteiger partial charge in [0.15, 0.2) is 17.2 Å². The van der Waals surface area contributed by atoms with Crippen molar-refractivity contribution in [3.8, 4) is 22.1 Å².